The lowest BCUT2D eigenvalue weighted by Gasteiger charge is -2.06. The van der Waals surface area contributed by atoms with Gasteiger partial charge in [-0.15, -0.1) is 5.10 Å². The van der Waals surface area contributed by atoms with Gasteiger partial charge in [0.05, 0.1) is 11.9 Å². The molecule has 0 N–H and O–H groups in total. The van der Waals surface area contributed by atoms with Crippen molar-refractivity contribution in [2.75, 3.05) is 0 Å². The average molecular weight is 281 g/mol. The number of rotatable bonds is 3. The smallest absolute Gasteiger partial charge is 0.213 e. The molecule has 0 saturated carbocycles. The molecule has 0 spiro atoms. The molecule has 0 fully saturated rings. The van der Waals surface area contributed by atoms with Crippen LogP contribution < -0.4 is 0 Å². The van der Waals surface area contributed by atoms with Crippen molar-refractivity contribution in [1.29, 1.82) is 0 Å². The van der Waals surface area contributed by atoms with Gasteiger partial charge < -0.3 is 0 Å². The molecule has 3 aromatic rings. The largest absolute Gasteiger partial charge is 0.287 e. The van der Waals surface area contributed by atoms with Gasteiger partial charge in [-0.25, -0.2) is 9.07 Å². The quantitative estimate of drug-likeness (QED) is 0.693. The van der Waals surface area contributed by atoms with Crippen LogP contribution in [0.3, 0.4) is 0 Å². The van der Waals surface area contributed by atoms with E-state index in [1.54, 1.807) is 6.92 Å². The molecule has 1 aromatic heterocycles. The minimum Gasteiger partial charge on any atom is -0.287 e. The third kappa shape index (κ3) is 2.45. The number of halogens is 1. The van der Waals surface area contributed by atoms with E-state index in [-0.39, 0.29) is 11.6 Å². The van der Waals surface area contributed by atoms with Crippen LogP contribution >= 0.6 is 0 Å². The zero-order chi connectivity index (χ0) is 14.8. The second-order valence-corrected chi connectivity index (χ2v) is 4.66. The van der Waals surface area contributed by atoms with Gasteiger partial charge in [-0.05, 0) is 42.8 Å². The molecule has 4 nitrogen and oxygen atoms in total. The molecule has 0 amide bonds. The van der Waals surface area contributed by atoms with Crippen molar-refractivity contribution in [3.05, 3.63) is 77.4 Å². The highest BCUT2D eigenvalue weighted by Crippen LogP contribution is 2.16. The summed E-state index contributed by atoms with van der Waals surface area (Å²) >= 11 is 0. The molecule has 21 heavy (non-hydrogen) atoms. The van der Waals surface area contributed by atoms with Crippen molar-refractivity contribution >= 4 is 5.78 Å². The zero-order valence-corrected chi connectivity index (χ0v) is 11.3. The zero-order valence-electron chi connectivity index (χ0n) is 11.3. The molecule has 0 atom stereocenters. The van der Waals surface area contributed by atoms with Gasteiger partial charge in [0.25, 0.3) is 0 Å². The first kappa shape index (κ1) is 13.2. The SMILES string of the molecule is Cc1cc(C(=O)c2cnnn2-c2ccccc2)ccc1F. The summed E-state index contributed by atoms with van der Waals surface area (Å²) < 4.78 is 14.8. The minimum atomic E-state index is -0.332. The molecule has 104 valence electrons. The summed E-state index contributed by atoms with van der Waals surface area (Å²) in [5, 5.41) is 7.75. The summed E-state index contributed by atoms with van der Waals surface area (Å²) in [5.74, 6) is -0.576. The highest BCUT2D eigenvalue weighted by molar-refractivity contribution is 6.08. The molecule has 0 aliphatic heterocycles. The summed E-state index contributed by atoms with van der Waals surface area (Å²) in [6.07, 6.45) is 1.41. The first-order chi connectivity index (χ1) is 10.2. The molecule has 0 aliphatic rings. The maximum Gasteiger partial charge on any atom is 0.213 e. The van der Waals surface area contributed by atoms with Crippen LogP contribution in [-0.4, -0.2) is 20.8 Å². The van der Waals surface area contributed by atoms with Crippen LogP contribution in [-0.2, 0) is 0 Å². The molecule has 5 heteroatoms. The number of ketones is 1. The second-order valence-electron chi connectivity index (χ2n) is 4.66. The number of aromatic nitrogens is 3. The Bertz CT molecular complexity index is 796. The van der Waals surface area contributed by atoms with Gasteiger partial charge in [0.1, 0.15) is 11.5 Å². The lowest BCUT2D eigenvalue weighted by molar-refractivity contribution is 0.103. The molecule has 0 bridgehead atoms. The highest BCUT2D eigenvalue weighted by atomic mass is 19.1. The van der Waals surface area contributed by atoms with Crippen LogP contribution in [0.1, 0.15) is 21.6 Å². The Kier molecular flexibility index (Phi) is 3.31. The van der Waals surface area contributed by atoms with Crippen LogP contribution in [0.2, 0.25) is 0 Å². The van der Waals surface area contributed by atoms with E-state index in [9.17, 15) is 9.18 Å². The van der Waals surface area contributed by atoms with Crippen molar-refractivity contribution in [2.45, 2.75) is 6.92 Å². The normalized spacial score (nSPS) is 10.6. The fourth-order valence-corrected chi connectivity index (χ4v) is 2.08. The highest BCUT2D eigenvalue weighted by Gasteiger charge is 2.17. The van der Waals surface area contributed by atoms with Gasteiger partial charge in [-0.2, -0.15) is 0 Å². The molecule has 0 aliphatic carbocycles. The maximum absolute atomic E-state index is 13.3. The molecule has 0 radical (unpaired) electrons. The summed E-state index contributed by atoms with van der Waals surface area (Å²) in [7, 11) is 0. The van der Waals surface area contributed by atoms with Crippen LogP contribution in [0.4, 0.5) is 4.39 Å². The Labute approximate surface area is 120 Å². The van der Waals surface area contributed by atoms with Gasteiger partial charge in [0.15, 0.2) is 0 Å². The van der Waals surface area contributed by atoms with Gasteiger partial charge in [0, 0.05) is 5.56 Å². The number of carbonyl (C=O) groups is 1. The van der Waals surface area contributed by atoms with Crippen LogP contribution in [0.5, 0.6) is 0 Å². The number of carbonyl (C=O) groups excluding carboxylic acids is 1. The monoisotopic (exact) mass is 281 g/mol. The Morgan fingerprint density at radius 3 is 2.62 bits per heavy atom. The topological polar surface area (TPSA) is 47.8 Å². The van der Waals surface area contributed by atoms with Gasteiger partial charge in [-0.3, -0.25) is 4.79 Å². The summed E-state index contributed by atoms with van der Waals surface area (Å²) in [6, 6.07) is 13.5. The van der Waals surface area contributed by atoms with Crippen molar-refractivity contribution in [3.8, 4) is 5.69 Å². The number of hydrogen-bond acceptors (Lipinski definition) is 3. The van der Waals surface area contributed by atoms with Crippen LogP contribution in [0.25, 0.3) is 5.69 Å². The first-order valence-corrected chi connectivity index (χ1v) is 6.44. The Balaban J connectivity index is 2.03. The summed E-state index contributed by atoms with van der Waals surface area (Å²) in [6.45, 7) is 1.62. The Morgan fingerprint density at radius 1 is 1.14 bits per heavy atom. The lowest BCUT2D eigenvalue weighted by Crippen LogP contribution is -2.10. The standard InChI is InChI=1S/C16H12FN3O/c1-11-9-12(7-8-14(11)17)16(21)15-10-18-19-20(15)13-5-3-2-4-6-13/h2-10H,1H3. The Hall–Kier alpha value is -2.82. The van der Waals surface area contributed by atoms with E-state index < -0.39 is 0 Å². The molecular weight excluding hydrogens is 269 g/mol. The van der Waals surface area contributed by atoms with E-state index in [4.69, 9.17) is 0 Å². The first-order valence-electron chi connectivity index (χ1n) is 6.44. The van der Waals surface area contributed by atoms with Crippen molar-refractivity contribution in [2.24, 2.45) is 0 Å². The summed E-state index contributed by atoms with van der Waals surface area (Å²) in [5.41, 5.74) is 1.93. The van der Waals surface area contributed by atoms with E-state index >= 15 is 0 Å². The van der Waals surface area contributed by atoms with Crippen molar-refractivity contribution < 1.29 is 9.18 Å². The molecule has 0 saturated heterocycles. The number of benzene rings is 2. The van der Waals surface area contributed by atoms with E-state index in [0.717, 1.165) is 5.69 Å². The second kappa shape index (κ2) is 5.28. The molecule has 1 heterocycles. The lowest BCUT2D eigenvalue weighted by atomic mass is 10.1. The fraction of sp³-hybridized carbons (Fsp3) is 0.0625. The van der Waals surface area contributed by atoms with Gasteiger partial charge in [-0.1, -0.05) is 23.4 Å². The molecule has 0 unspecified atom stereocenters. The molecular formula is C16H12FN3O. The number of para-hydroxylation sites is 1. The maximum atomic E-state index is 13.3. The predicted octanol–water partition coefficient (Wildman–Crippen LogP) is 2.95. The third-order valence-corrected chi connectivity index (χ3v) is 3.20. The number of nitrogens with zero attached hydrogens (tertiary/aromatic N) is 3. The Morgan fingerprint density at radius 2 is 1.90 bits per heavy atom. The molecule has 3 rings (SSSR count). The van der Waals surface area contributed by atoms with Crippen LogP contribution in [0.15, 0.2) is 54.7 Å². The number of hydrogen-bond donors (Lipinski definition) is 0. The van der Waals surface area contributed by atoms with E-state index in [2.05, 4.69) is 10.3 Å². The fourth-order valence-electron chi connectivity index (χ4n) is 2.08. The van der Waals surface area contributed by atoms with E-state index in [0.29, 0.717) is 16.8 Å². The summed E-state index contributed by atoms with van der Waals surface area (Å²) in [4.78, 5) is 12.5. The average Bonchev–Trinajstić information content (AvgIpc) is 2.99. The third-order valence-electron chi connectivity index (χ3n) is 3.20. The molecule has 2 aromatic carbocycles. The van der Waals surface area contributed by atoms with Crippen LogP contribution in [0, 0.1) is 12.7 Å². The number of aryl methyl sites for hydroxylation is 1. The predicted molar refractivity (Wildman–Crippen MR) is 75.9 cm³/mol. The van der Waals surface area contributed by atoms with Crippen molar-refractivity contribution in [3.63, 3.8) is 0 Å². The van der Waals surface area contributed by atoms with E-state index in [1.165, 1.54) is 29.1 Å². The van der Waals surface area contributed by atoms with E-state index in [1.807, 2.05) is 30.3 Å². The van der Waals surface area contributed by atoms with Gasteiger partial charge >= 0.3 is 0 Å². The van der Waals surface area contributed by atoms with Gasteiger partial charge in [0.2, 0.25) is 5.78 Å². The van der Waals surface area contributed by atoms with Crippen molar-refractivity contribution in [1.82, 2.24) is 15.0 Å². The minimum absolute atomic E-state index is 0.244.